The van der Waals surface area contributed by atoms with Crippen LogP contribution in [0.25, 0.3) is 0 Å². The molecular formula is C13H33NO7P2. The van der Waals surface area contributed by atoms with Gasteiger partial charge < -0.3 is 24.9 Å². The van der Waals surface area contributed by atoms with Crippen LogP contribution in [0.15, 0.2) is 0 Å². The molecule has 5 N–H and O–H groups in total. The van der Waals surface area contributed by atoms with Crippen LogP contribution in [-0.2, 0) is 13.4 Å². The number of hydrogen-bond acceptors (Lipinski definition) is 4. The topological polar surface area (TPSA) is 136 Å². The Kier molecular flexibility index (Phi) is 17.4. The van der Waals surface area contributed by atoms with Gasteiger partial charge in [-0.15, -0.1) is 0 Å². The fourth-order valence-corrected chi connectivity index (χ4v) is 2.90. The molecule has 1 heterocycles. The smallest absolute Gasteiger partial charge is 0.317 e. The maximum absolute atomic E-state index is 9.63. The Hall–Kier alpha value is 0.220. The van der Waals surface area contributed by atoms with E-state index in [0.717, 1.165) is 0 Å². The molecular weight excluding hydrogens is 344 g/mol. The molecule has 0 saturated carbocycles. The van der Waals surface area contributed by atoms with E-state index in [1.807, 2.05) is 0 Å². The highest BCUT2D eigenvalue weighted by molar-refractivity contribution is 7.60. The average molecular weight is 377 g/mol. The number of hydrogen-bond donors (Lipinski definition) is 5. The summed E-state index contributed by atoms with van der Waals surface area (Å²) in [4.78, 5) is 31.0. The zero-order valence-electron chi connectivity index (χ0n) is 14.2. The lowest BCUT2D eigenvalue weighted by Crippen LogP contribution is -2.12. The van der Waals surface area contributed by atoms with Gasteiger partial charge in [0.25, 0.3) is 0 Å². The molecule has 10 heteroatoms. The van der Waals surface area contributed by atoms with Crippen molar-refractivity contribution in [2.45, 2.75) is 71.6 Å². The van der Waals surface area contributed by atoms with Gasteiger partial charge in [0.15, 0.2) is 0 Å². The maximum Gasteiger partial charge on any atom is 0.478 e. The van der Waals surface area contributed by atoms with Crippen LogP contribution in [-0.4, -0.2) is 32.7 Å². The molecule has 0 atom stereocenters. The second kappa shape index (κ2) is 15.7. The number of unbranched alkanes of at least 4 members (excludes halogenated alkanes) is 4. The lowest BCUT2D eigenvalue weighted by Gasteiger charge is -2.03. The van der Waals surface area contributed by atoms with Crippen LogP contribution in [0, 0.1) is 0 Å². The minimum atomic E-state index is -5.05. The second-order valence-corrected chi connectivity index (χ2v) is 7.90. The summed E-state index contributed by atoms with van der Waals surface area (Å²) in [6, 6.07) is 0. The van der Waals surface area contributed by atoms with E-state index in [9.17, 15) is 9.13 Å². The quantitative estimate of drug-likeness (QED) is 0.351. The van der Waals surface area contributed by atoms with Crippen LogP contribution in [0.1, 0.15) is 71.6 Å². The minimum absolute atomic E-state index is 1.25. The highest BCUT2D eigenvalue weighted by atomic mass is 31.3. The largest absolute Gasteiger partial charge is 0.478 e. The van der Waals surface area contributed by atoms with E-state index in [-0.39, 0.29) is 0 Å². The Morgan fingerprint density at radius 3 is 1.43 bits per heavy atom. The summed E-state index contributed by atoms with van der Waals surface area (Å²) in [6.45, 7) is 6.99. The van der Waals surface area contributed by atoms with Gasteiger partial charge in [-0.05, 0) is 25.9 Å². The molecule has 0 spiro atoms. The van der Waals surface area contributed by atoms with Crippen LogP contribution < -0.4 is 5.32 Å². The third-order valence-corrected chi connectivity index (χ3v) is 4.58. The molecule has 1 rings (SSSR count). The molecule has 1 saturated heterocycles. The van der Waals surface area contributed by atoms with Gasteiger partial charge in [-0.3, -0.25) is 0 Å². The van der Waals surface area contributed by atoms with Crippen LogP contribution >= 0.6 is 15.6 Å². The first-order chi connectivity index (χ1) is 10.6. The molecule has 1 fully saturated rings. The fraction of sp³-hybridized carbons (Fsp3) is 1.00. The van der Waals surface area contributed by atoms with E-state index >= 15 is 0 Å². The Morgan fingerprint density at radius 2 is 1.17 bits per heavy atom. The zero-order chi connectivity index (χ0) is 18.2. The lowest BCUT2D eigenvalue weighted by molar-refractivity contribution is 0.225. The van der Waals surface area contributed by atoms with Crippen molar-refractivity contribution in [3.8, 4) is 0 Å². The molecule has 0 unspecified atom stereocenters. The molecule has 0 aromatic heterocycles. The zero-order valence-corrected chi connectivity index (χ0v) is 16.0. The highest BCUT2D eigenvalue weighted by Gasteiger charge is 2.27. The Morgan fingerprint density at radius 1 is 0.783 bits per heavy atom. The fourth-order valence-electron chi connectivity index (χ4n) is 1.79. The van der Waals surface area contributed by atoms with Crippen LogP contribution in [0.4, 0.5) is 0 Å². The van der Waals surface area contributed by atoms with Crippen molar-refractivity contribution in [1.29, 1.82) is 0 Å². The average Bonchev–Trinajstić information content (AvgIpc) is 2.68. The third kappa shape index (κ3) is 30.6. The van der Waals surface area contributed by atoms with Crippen molar-refractivity contribution in [3.05, 3.63) is 0 Å². The van der Waals surface area contributed by atoms with E-state index in [1.54, 1.807) is 0 Å². The van der Waals surface area contributed by atoms with Gasteiger partial charge in [0, 0.05) is 0 Å². The molecule has 0 radical (unpaired) electrons. The van der Waals surface area contributed by atoms with Gasteiger partial charge in [-0.25, -0.2) is 9.13 Å². The Bertz CT molecular complexity index is 300. The standard InChI is InChI=1S/C7H16.C6H13N.H4O7P2/c1-3-5-7-6-4-2;1-2-4-6-7-5-3-1;1-8(2,3)7-9(4,5)6/h3-7H2,1-2H3;7H,1-6H2;(H2,1,2,3)(H2,4,5,6). The summed E-state index contributed by atoms with van der Waals surface area (Å²) in [5.41, 5.74) is 0. The van der Waals surface area contributed by atoms with Gasteiger partial charge in [0.2, 0.25) is 0 Å². The van der Waals surface area contributed by atoms with E-state index in [1.165, 1.54) is 70.9 Å². The summed E-state index contributed by atoms with van der Waals surface area (Å²) in [7, 11) is -10.1. The predicted molar refractivity (Wildman–Crippen MR) is 90.9 cm³/mol. The van der Waals surface area contributed by atoms with Crippen molar-refractivity contribution in [1.82, 2.24) is 5.32 Å². The van der Waals surface area contributed by atoms with Crippen LogP contribution in [0.3, 0.4) is 0 Å². The van der Waals surface area contributed by atoms with Gasteiger partial charge in [-0.2, -0.15) is 4.31 Å². The first kappa shape index (κ1) is 25.5. The summed E-state index contributed by atoms with van der Waals surface area (Å²) >= 11 is 0. The molecule has 1 aliphatic heterocycles. The molecule has 0 amide bonds. The van der Waals surface area contributed by atoms with Gasteiger partial charge >= 0.3 is 15.6 Å². The molecule has 23 heavy (non-hydrogen) atoms. The first-order valence-electron chi connectivity index (χ1n) is 8.15. The lowest BCUT2D eigenvalue weighted by atomic mass is 10.2. The van der Waals surface area contributed by atoms with Crippen molar-refractivity contribution in [2.75, 3.05) is 13.1 Å². The van der Waals surface area contributed by atoms with E-state index in [4.69, 9.17) is 19.6 Å². The SMILES string of the molecule is C1CCCNCC1.CCCCCCC.O=P(O)(O)OP(=O)(O)O. The Labute approximate surface area is 139 Å². The first-order valence-corrected chi connectivity index (χ1v) is 11.2. The van der Waals surface area contributed by atoms with Gasteiger partial charge in [0.1, 0.15) is 0 Å². The highest BCUT2D eigenvalue weighted by Crippen LogP contribution is 2.53. The number of rotatable bonds is 6. The molecule has 0 bridgehead atoms. The summed E-state index contributed by atoms with van der Waals surface area (Å²) in [5, 5.41) is 3.35. The molecule has 0 aromatic rings. The normalized spacial score (nSPS) is 15.6. The van der Waals surface area contributed by atoms with Crippen molar-refractivity contribution >= 4 is 15.6 Å². The Balaban J connectivity index is 0. The minimum Gasteiger partial charge on any atom is -0.317 e. The van der Waals surface area contributed by atoms with E-state index < -0.39 is 15.6 Å². The number of phosphoric acid groups is 2. The van der Waals surface area contributed by atoms with Gasteiger partial charge in [0.05, 0.1) is 0 Å². The predicted octanol–water partition coefficient (Wildman–Crippen LogP) is 3.32. The molecule has 0 aromatic carbocycles. The van der Waals surface area contributed by atoms with E-state index in [2.05, 4.69) is 23.5 Å². The summed E-state index contributed by atoms with van der Waals surface area (Å²) in [6.07, 6.45) is 12.7. The summed E-state index contributed by atoms with van der Waals surface area (Å²) in [5.74, 6) is 0. The number of nitrogens with one attached hydrogen (secondary N) is 1. The third-order valence-electron chi connectivity index (χ3n) is 2.88. The van der Waals surface area contributed by atoms with E-state index in [0.29, 0.717) is 0 Å². The molecule has 1 aliphatic rings. The second-order valence-electron chi connectivity index (χ2n) is 5.29. The van der Waals surface area contributed by atoms with Crippen LogP contribution in [0.2, 0.25) is 0 Å². The molecule has 8 nitrogen and oxygen atoms in total. The van der Waals surface area contributed by atoms with Crippen molar-refractivity contribution in [3.63, 3.8) is 0 Å². The maximum atomic E-state index is 9.63. The van der Waals surface area contributed by atoms with Crippen molar-refractivity contribution in [2.24, 2.45) is 0 Å². The van der Waals surface area contributed by atoms with Gasteiger partial charge in [-0.1, -0.05) is 58.8 Å². The monoisotopic (exact) mass is 377 g/mol. The molecule has 142 valence electrons. The summed E-state index contributed by atoms with van der Waals surface area (Å²) < 4.78 is 22.2. The molecule has 0 aliphatic carbocycles. The van der Waals surface area contributed by atoms with Crippen LogP contribution in [0.5, 0.6) is 0 Å². The van der Waals surface area contributed by atoms with Crippen molar-refractivity contribution < 1.29 is 33.0 Å².